The first-order valence-electron chi connectivity index (χ1n) is 9.97. The van der Waals surface area contributed by atoms with E-state index >= 15 is 0 Å². The van der Waals surface area contributed by atoms with E-state index in [1.807, 2.05) is 42.6 Å². The van der Waals surface area contributed by atoms with Crippen LogP contribution in [0.1, 0.15) is 33.8 Å². The van der Waals surface area contributed by atoms with E-state index in [0.717, 1.165) is 17.1 Å². The van der Waals surface area contributed by atoms with Crippen molar-refractivity contribution in [2.24, 2.45) is 0 Å². The van der Waals surface area contributed by atoms with Crippen LogP contribution in [0.25, 0.3) is 5.69 Å². The molecule has 0 radical (unpaired) electrons. The lowest BCUT2D eigenvalue weighted by Crippen LogP contribution is -2.33. The first kappa shape index (κ1) is 21.0. The molecule has 1 aliphatic rings. The number of thiocarbonyl (C=S) groups is 1. The number of hydrogen-bond donors (Lipinski definition) is 1. The number of ether oxygens (including phenoxy) is 2. The number of nitrogens with one attached hydrogen (secondary N) is 1. The highest BCUT2D eigenvalue weighted by atomic mass is 32.1. The Morgan fingerprint density at radius 3 is 2.61 bits per heavy atom. The van der Waals surface area contributed by atoms with Gasteiger partial charge < -0.3 is 24.3 Å². The molecule has 1 aromatic carbocycles. The summed E-state index contributed by atoms with van der Waals surface area (Å²) in [7, 11) is 3.06. The van der Waals surface area contributed by atoms with Crippen LogP contribution in [0, 0.1) is 0 Å². The third-order valence-corrected chi connectivity index (χ3v) is 5.74. The van der Waals surface area contributed by atoms with E-state index in [-0.39, 0.29) is 18.1 Å². The average molecular weight is 437 g/mol. The van der Waals surface area contributed by atoms with Gasteiger partial charge in [-0.3, -0.25) is 4.98 Å². The minimum atomic E-state index is -0.356. The molecule has 0 bridgehead atoms. The van der Waals surface area contributed by atoms with Crippen molar-refractivity contribution in [1.82, 2.24) is 19.8 Å². The van der Waals surface area contributed by atoms with E-state index in [2.05, 4.69) is 25.8 Å². The first-order chi connectivity index (χ1) is 15.1. The number of pyridine rings is 1. The molecule has 3 aromatic rings. The lowest BCUT2D eigenvalue weighted by Gasteiger charge is -2.28. The van der Waals surface area contributed by atoms with Crippen molar-refractivity contribution in [1.29, 1.82) is 0 Å². The molecule has 0 aliphatic carbocycles. The van der Waals surface area contributed by atoms with Crippen LogP contribution < -0.4 is 5.32 Å². The number of nitrogens with zero attached hydrogens (tertiary/aromatic N) is 3. The molecule has 1 aliphatic heterocycles. The van der Waals surface area contributed by atoms with Crippen LogP contribution in [0.5, 0.6) is 0 Å². The second-order valence-electron chi connectivity index (χ2n) is 7.15. The molecule has 1 N–H and O–H groups in total. The Hall–Kier alpha value is -3.23. The maximum absolute atomic E-state index is 11.8. The van der Waals surface area contributed by atoms with Crippen molar-refractivity contribution in [3.8, 4) is 5.69 Å². The predicted molar refractivity (Wildman–Crippen MR) is 121 cm³/mol. The minimum Gasteiger partial charge on any atom is -0.465 e. The van der Waals surface area contributed by atoms with Gasteiger partial charge in [0.1, 0.15) is 0 Å². The highest BCUT2D eigenvalue weighted by Gasteiger charge is 2.41. The number of benzene rings is 1. The molecule has 0 spiro atoms. The maximum Gasteiger partial charge on any atom is 0.337 e. The second kappa shape index (κ2) is 9.28. The summed E-state index contributed by atoms with van der Waals surface area (Å²) in [6, 6.07) is 17.2. The van der Waals surface area contributed by atoms with Crippen LogP contribution in [0.3, 0.4) is 0 Å². The van der Waals surface area contributed by atoms with Crippen molar-refractivity contribution in [3.05, 3.63) is 83.9 Å². The summed E-state index contributed by atoms with van der Waals surface area (Å²) >= 11 is 5.67. The fraction of sp³-hybridized carbons (Fsp3) is 0.261. The number of rotatable bonds is 7. The number of carbonyl (C=O) groups is 1. The summed E-state index contributed by atoms with van der Waals surface area (Å²) in [4.78, 5) is 18.5. The third-order valence-electron chi connectivity index (χ3n) is 5.38. The van der Waals surface area contributed by atoms with E-state index in [0.29, 0.717) is 23.8 Å². The molecule has 160 valence electrons. The third kappa shape index (κ3) is 4.17. The molecular formula is C23H24N4O3S. The molecule has 31 heavy (non-hydrogen) atoms. The molecule has 1 fully saturated rings. The van der Waals surface area contributed by atoms with Gasteiger partial charge in [-0.05, 0) is 60.7 Å². The molecule has 2 aromatic heterocycles. The van der Waals surface area contributed by atoms with Crippen LogP contribution >= 0.6 is 12.2 Å². The Labute approximate surface area is 186 Å². The van der Waals surface area contributed by atoms with E-state index in [1.165, 1.54) is 7.11 Å². The molecule has 0 unspecified atom stereocenters. The van der Waals surface area contributed by atoms with Crippen molar-refractivity contribution >= 4 is 23.3 Å². The molecule has 4 rings (SSSR count). The van der Waals surface area contributed by atoms with Gasteiger partial charge in [0.2, 0.25) is 0 Å². The Kier molecular flexibility index (Phi) is 6.29. The lowest BCUT2D eigenvalue weighted by molar-refractivity contribution is 0.0600. The smallest absolute Gasteiger partial charge is 0.337 e. The number of methoxy groups -OCH3 is 2. The van der Waals surface area contributed by atoms with Gasteiger partial charge in [0.25, 0.3) is 0 Å². The fourth-order valence-electron chi connectivity index (χ4n) is 3.90. The van der Waals surface area contributed by atoms with E-state index < -0.39 is 0 Å². The Balaban J connectivity index is 1.74. The van der Waals surface area contributed by atoms with Crippen molar-refractivity contribution in [3.63, 3.8) is 0 Å². The van der Waals surface area contributed by atoms with Gasteiger partial charge in [-0.25, -0.2) is 4.79 Å². The van der Waals surface area contributed by atoms with Crippen molar-refractivity contribution < 1.29 is 14.3 Å². The fourth-order valence-corrected chi connectivity index (χ4v) is 4.24. The molecule has 1 saturated heterocycles. The average Bonchev–Trinajstić information content (AvgIpc) is 3.42. The predicted octanol–water partition coefficient (Wildman–Crippen LogP) is 3.28. The highest BCUT2D eigenvalue weighted by Crippen LogP contribution is 2.39. The van der Waals surface area contributed by atoms with Crippen LogP contribution in [-0.4, -0.2) is 52.9 Å². The summed E-state index contributed by atoms with van der Waals surface area (Å²) in [6.07, 6.45) is 3.80. The maximum atomic E-state index is 11.8. The largest absolute Gasteiger partial charge is 0.465 e. The van der Waals surface area contributed by atoms with Crippen molar-refractivity contribution in [2.45, 2.75) is 12.1 Å². The van der Waals surface area contributed by atoms with Gasteiger partial charge in [-0.15, -0.1) is 0 Å². The SMILES string of the molecule is COCCN1C(=S)N[C@H](c2ccccn2)[C@@H]1c1cccn1-c1ccc(C(=O)OC)cc1. The van der Waals surface area contributed by atoms with Crippen molar-refractivity contribution in [2.75, 3.05) is 27.4 Å². The monoisotopic (exact) mass is 436 g/mol. The minimum absolute atomic E-state index is 0.0761. The molecule has 3 heterocycles. The van der Waals surface area contributed by atoms with Crippen LogP contribution in [0.2, 0.25) is 0 Å². The number of carbonyl (C=O) groups excluding carboxylic acids is 1. The van der Waals surface area contributed by atoms with Crippen LogP contribution in [-0.2, 0) is 9.47 Å². The first-order valence-corrected chi connectivity index (χ1v) is 10.4. The Bertz CT molecular complexity index is 1050. The molecule has 0 saturated carbocycles. The molecule has 2 atom stereocenters. The zero-order valence-electron chi connectivity index (χ0n) is 17.4. The standard InChI is InChI=1S/C23H24N4O3S/c1-29-15-14-27-21(20(25-23(27)31)18-6-3-4-12-24-18)19-7-5-13-26(19)17-10-8-16(9-11-17)22(28)30-2/h3-13,20-21H,14-15H2,1-2H3,(H,25,31)/t20-,21+/m1/s1. The molecule has 8 heteroatoms. The summed E-state index contributed by atoms with van der Waals surface area (Å²) < 4.78 is 12.2. The second-order valence-corrected chi connectivity index (χ2v) is 7.54. The summed E-state index contributed by atoms with van der Waals surface area (Å²) in [6.45, 7) is 1.21. The van der Waals surface area contributed by atoms with Crippen LogP contribution in [0.15, 0.2) is 67.0 Å². The van der Waals surface area contributed by atoms with E-state index in [1.54, 1.807) is 25.4 Å². The molecule has 0 amide bonds. The highest BCUT2D eigenvalue weighted by molar-refractivity contribution is 7.80. The van der Waals surface area contributed by atoms with E-state index in [9.17, 15) is 4.79 Å². The molecular weight excluding hydrogens is 412 g/mol. The Morgan fingerprint density at radius 1 is 1.13 bits per heavy atom. The van der Waals surface area contributed by atoms with Crippen LogP contribution in [0.4, 0.5) is 0 Å². The quantitative estimate of drug-likeness (QED) is 0.450. The van der Waals surface area contributed by atoms with Gasteiger partial charge in [-0.2, -0.15) is 0 Å². The zero-order valence-corrected chi connectivity index (χ0v) is 18.2. The van der Waals surface area contributed by atoms with E-state index in [4.69, 9.17) is 21.7 Å². The normalized spacial score (nSPS) is 18.1. The Morgan fingerprint density at radius 2 is 1.94 bits per heavy atom. The molecule has 7 nitrogen and oxygen atoms in total. The zero-order chi connectivity index (χ0) is 21.8. The van der Waals surface area contributed by atoms with Gasteiger partial charge in [0, 0.05) is 37.4 Å². The van der Waals surface area contributed by atoms with Gasteiger partial charge in [-0.1, -0.05) is 6.07 Å². The topological polar surface area (TPSA) is 68.6 Å². The van der Waals surface area contributed by atoms with Gasteiger partial charge >= 0.3 is 5.97 Å². The van der Waals surface area contributed by atoms with Gasteiger partial charge in [0.05, 0.1) is 37.1 Å². The lowest BCUT2D eigenvalue weighted by atomic mass is 10.0. The summed E-state index contributed by atoms with van der Waals surface area (Å²) in [5.41, 5.74) is 3.43. The number of esters is 1. The summed E-state index contributed by atoms with van der Waals surface area (Å²) in [5.74, 6) is -0.356. The summed E-state index contributed by atoms with van der Waals surface area (Å²) in [5, 5.41) is 4.12. The van der Waals surface area contributed by atoms with Gasteiger partial charge in [0.15, 0.2) is 5.11 Å². The number of hydrogen-bond acceptors (Lipinski definition) is 5. The number of aromatic nitrogens is 2.